The van der Waals surface area contributed by atoms with Crippen LogP contribution < -0.4 is 5.32 Å². The zero-order valence-electron chi connectivity index (χ0n) is 21.3. The van der Waals surface area contributed by atoms with Crippen LogP contribution in [0.4, 0.5) is 11.5 Å². The average Bonchev–Trinajstić information content (AvgIpc) is 3.65. The van der Waals surface area contributed by atoms with Crippen LogP contribution in [0, 0.1) is 0 Å². The molecule has 8 aromatic rings. The predicted molar refractivity (Wildman–Crippen MR) is 172 cm³/mol. The lowest BCUT2D eigenvalue weighted by atomic mass is 9.97. The Balaban J connectivity index is 1.37. The molecule has 40 heavy (non-hydrogen) atoms. The van der Waals surface area contributed by atoms with Crippen molar-refractivity contribution in [3.63, 3.8) is 0 Å². The van der Waals surface area contributed by atoms with Gasteiger partial charge >= 0.3 is 0 Å². The molecule has 3 aromatic heterocycles. The largest absolute Gasteiger partial charge is 0.370 e. The summed E-state index contributed by atoms with van der Waals surface area (Å²) >= 11 is 1.88. The van der Waals surface area contributed by atoms with Gasteiger partial charge in [0.05, 0.1) is 28.5 Å². The van der Waals surface area contributed by atoms with Crippen molar-refractivity contribution >= 4 is 86.7 Å². The SMILES string of the molecule is C1=CC2=Nc3c(c4cc5sc6ccccc6c5c5c6cc(-c7ccc8ccccc8c7)ccc6n3c45)NC2C=C1. The van der Waals surface area contributed by atoms with Crippen molar-refractivity contribution in [2.75, 3.05) is 5.32 Å². The number of thiophene rings is 1. The van der Waals surface area contributed by atoms with Gasteiger partial charge in [0.1, 0.15) is 0 Å². The third-order valence-corrected chi connectivity index (χ3v) is 9.81. The van der Waals surface area contributed by atoms with Crippen molar-refractivity contribution in [1.29, 1.82) is 0 Å². The first-order chi connectivity index (χ1) is 19.8. The molecular weight excluding hydrogens is 506 g/mol. The summed E-state index contributed by atoms with van der Waals surface area (Å²) in [5, 5.41) is 12.9. The van der Waals surface area contributed by atoms with E-state index in [9.17, 15) is 0 Å². The van der Waals surface area contributed by atoms with Crippen LogP contribution in [0.1, 0.15) is 0 Å². The number of anilines is 1. The number of allylic oxidation sites excluding steroid dienone is 2. The number of aliphatic imine (C=N–C) groups is 1. The number of benzene rings is 5. The molecule has 5 aromatic carbocycles. The van der Waals surface area contributed by atoms with Gasteiger partial charge in [-0.3, -0.25) is 4.40 Å². The number of fused-ring (bicyclic) bond motifs is 12. The molecule has 0 amide bonds. The molecule has 0 fully saturated rings. The van der Waals surface area contributed by atoms with E-state index in [1.165, 1.54) is 69.3 Å². The summed E-state index contributed by atoms with van der Waals surface area (Å²) in [6, 6.07) is 33.6. The lowest BCUT2D eigenvalue weighted by molar-refractivity contribution is 1.11. The molecule has 0 radical (unpaired) electrons. The van der Waals surface area contributed by atoms with Crippen molar-refractivity contribution in [2.24, 2.45) is 4.99 Å². The van der Waals surface area contributed by atoms with Crippen molar-refractivity contribution < 1.29 is 0 Å². The molecular formula is C36H21N3S. The minimum absolute atomic E-state index is 0.104. The van der Waals surface area contributed by atoms with E-state index in [-0.39, 0.29) is 6.04 Å². The van der Waals surface area contributed by atoms with Crippen molar-refractivity contribution in [3.05, 3.63) is 115 Å². The van der Waals surface area contributed by atoms with Gasteiger partial charge in [-0.2, -0.15) is 0 Å². The van der Waals surface area contributed by atoms with Crippen LogP contribution in [0.15, 0.2) is 120 Å². The Morgan fingerprint density at radius 2 is 1.55 bits per heavy atom. The lowest BCUT2D eigenvalue weighted by Gasteiger charge is -2.23. The van der Waals surface area contributed by atoms with E-state index < -0.39 is 0 Å². The van der Waals surface area contributed by atoms with Crippen molar-refractivity contribution in [1.82, 2.24) is 4.40 Å². The van der Waals surface area contributed by atoms with Gasteiger partial charge in [0.25, 0.3) is 0 Å². The highest BCUT2D eigenvalue weighted by Gasteiger charge is 2.30. The first-order valence-electron chi connectivity index (χ1n) is 13.7. The monoisotopic (exact) mass is 527 g/mol. The molecule has 1 aliphatic carbocycles. The number of nitrogens with one attached hydrogen (secondary N) is 1. The number of hydrogen-bond donors (Lipinski definition) is 1. The van der Waals surface area contributed by atoms with E-state index in [0.29, 0.717) is 0 Å². The molecule has 4 heteroatoms. The summed E-state index contributed by atoms with van der Waals surface area (Å²) in [6.45, 7) is 0. The fraction of sp³-hybridized carbons (Fsp3) is 0.0278. The second-order valence-electron chi connectivity index (χ2n) is 10.8. The molecule has 1 N–H and O–H groups in total. The fourth-order valence-corrected chi connectivity index (χ4v) is 8.05. The highest BCUT2D eigenvalue weighted by atomic mass is 32.1. The first kappa shape index (κ1) is 21.0. The van der Waals surface area contributed by atoms with E-state index in [4.69, 9.17) is 4.99 Å². The first-order valence-corrected chi connectivity index (χ1v) is 14.5. The maximum absolute atomic E-state index is 5.24. The Morgan fingerprint density at radius 3 is 2.52 bits per heavy atom. The molecule has 2 aliphatic rings. The van der Waals surface area contributed by atoms with Gasteiger partial charge in [0.15, 0.2) is 5.82 Å². The Hall–Kier alpha value is -4.93. The minimum Gasteiger partial charge on any atom is -0.370 e. The molecule has 1 aliphatic heterocycles. The van der Waals surface area contributed by atoms with Gasteiger partial charge in [-0.25, -0.2) is 4.99 Å². The number of hydrogen-bond acceptors (Lipinski definition) is 3. The van der Waals surface area contributed by atoms with Crippen molar-refractivity contribution in [2.45, 2.75) is 6.04 Å². The van der Waals surface area contributed by atoms with E-state index in [1.54, 1.807) is 0 Å². The summed E-state index contributed by atoms with van der Waals surface area (Å²) in [6.07, 6.45) is 8.49. The standard InChI is InChI=1S/C36H21N3S/c1-2-8-21-17-22(14-13-20(21)7-1)23-15-16-29-25(18-23)33-32-24-9-3-6-12-30(24)40-31(32)19-26-34-36(39(29)35(26)33)38-28-11-5-4-10-27(28)37-34/h1-19,27,37H. The second-order valence-corrected chi connectivity index (χ2v) is 11.9. The third-order valence-electron chi connectivity index (χ3n) is 8.69. The molecule has 1 unspecified atom stereocenters. The average molecular weight is 528 g/mol. The molecule has 1 atom stereocenters. The van der Waals surface area contributed by atoms with Crippen LogP contribution in [0.5, 0.6) is 0 Å². The van der Waals surface area contributed by atoms with Crippen LogP contribution in [0.25, 0.3) is 69.3 Å². The van der Waals surface area contributed by atoms with Crippen LogP contribution in [0.3, 0.4) is 0 Å². The number of aromatic nitrogens is 1. The molecule has 186 valence electrons. The summed E-state index contributed by atoms with van der Waals surface area (Å²) in [4.78, 5) is 5.24. The molecule has 0 saturated carbocycles. The van der Waals surface area contributed by atoms with E-state index in [0.717, 1.165) is 17.2 Å². The molecule has 0 bridgehead atoms. The molecule has 4 heterocycles. The van der Waals surface area contributed by atoms with Crippen LogP contribution in [-0.4, -0.2) is 16.2 Å². The van der Waals surface area contributed by atoms with Gasteiger partial charge in [0.2, 0.25) is 0 Å². The Labute approximate surface area is 233 Å². The summed E-state index contributed by atoms with van der Waals surface area (Å²) in [5.74, 6) is 1.00. The normalized spacial score (nSPS) is 16.4. The maximum atomic E-state index is 5.24. The minimum atomic E-state index is 0.104. The van der Waals surface area contributed by atoms with Crippen LogP contribution >= 0.6 is 11.3 Å². The van der Waals surface area contributed by atoms with Gasteiger partial charge in [-0.05, 0) is 58.3 Å². The third kappa shape index (κ3) is 2.61. The van der Waals surface area contributed by atoms with Gasteiger partial charge in [0, 0.05) is 36.3 Å². The topological polar surface area (TPSA) is 28.8 Å². The summed E-state index contributed by atoms with van der Waals surface area (Å²) in [5.41, 5.74) is 7.13. The Kier molecular flexibility index (Phi) is 3.87. The lowest BCUT2D eigenvalue weighted by Crippen LogP contribution is -2.29. The molecule has 0 spiro atoms. The molecule has 3 nitrogen and oxygen atoms in total. The second kappa shape index (κ2) is 7.38. The zero-order valence-corrected chi connectivity index (χ0v) is 22.2. The van der Waals surface area contributed by atoms with Gasteiger partial charge < -0.3 is 5.32 Å². The van der Waals surface area contributed by atoms with Gasteiger partial charge in [-0.1, -0.05) is 78.9 Å². The number of rotatable bonds is 1. The highest BCUT2D eigenvalue weighted by molar-refractivity contribution is 7.26. The van der Waals surface area contributed by atoms with Gasteiger partial charge in [-0.15, -0.1) is 11.3 Å². The van der Waals surface area contributed by atoms with E-state index in [2.05, 4.69) is 125 Å². The summed E-state index contributed by atoms with van der Waals surface area (Å²) < 4.78 is 5.05. The highest BCUT2D eigenvalue weighted by Crippen LogP contribution is 2.51. The Morgan fingerprint density at radius 1 is 0.700 bits per heavy atom. The zero-order chi connectivity index (χ0) is 25.9. The van der Waals surface area contributed by atoms with Crippen LogP contribution in [-0.2, 0) is 0 Å². The molecule has 0 saturated heterocycles. The predicted octanol–water partition coefficient (Wildman–Crippen LogP) is 9.86. The van der Waals surface area contributed by atoms with Crippen molar-refractivity contribution in [3.8, 4) is 11.1 Å². The molecule has 10 rings (SSSR count). The smallest absolute Gasteiger partial charge is 0.162 e. The quantitative estimate of drug-likeness (QED) is 0.226. The Bertz CT molecular complexity index is 2470. The van der Waals surface area contributed by atoms with E-state index >= 15 is 0 Å². The summed E-state index contributed by atoms with van der Waals surface area (Å²) in [7, 11) is 0. The van der Waals surface area contributed by atoms with E-state index in [1.807, 2.05) is 11.3 Å². The number of nitrogens with zero attached hydrogens (tertiary/aromatic N) is 2. The maximum Gasteiger partial charge on any atom is 0.162 e. The van der Waals surface area contributed by atoms with Crippen LogP contribution in [0.2, 0.25) is 0 Å². The fourth-order valence-electron chi connectivity index (χ4n) is 6.90.